The summed E-state index contributed by atoms with van der Waals surface area (Å²) in [6.07, 6.45) is 3.08. The molecule has 0 N–H and O–H groups in total. The van der Waals surface area contributed by atoms with Crippen LogP contribution >= 0.6 is 0 Å². The molecule has 2 aromatic heterocycles. The molecular weight excluding hydrogens is 334 g/mol. The Morgan fingerprint density at radius 1 is 1.23 bits per heavy atom. The van der Waals surface area contributed by atoms with E-state index in [1.54, 1.807) is 36.5 Å². The summed E-state index contributed by atoms with van der Waals surface area (Å²) in [5, 5.41) is 3.88. The number of carbonyl (C=O) groups is 1. The topological polar surface area (TPSA) is 77.7 Å². The van der Waals surface area contributed by atoms with Gasteiger partial charge in [-0.05, 0) is 24.3 Å². The molecule has 0 unspecified atom stereocenters. The number of ether oxygens (including phenoxy) is 2. The van der Waals surface area contributed by atoms with Crippen LogP contribution in [0.1, 0.15) is 10.5 Å². The summed E-state index contributed by atoms with van der Waals surface area (Å²) in [6, 6.07) is 12.7. The molecule has 3 heterocycles. The van der Waals surface area contributed by atoms with Gasteiger partial charge in [-0.1, -0.05) is 17.3 Å². The van der Waals surface area contributed by atoms with Crippen LogP contribution in [0, 0.1) is 0 Å². The molecule has 7 nitrogen and oxygen atoms in total. The fourth-order valence-corrected chi connectivity index (χ4v) is 2.76. The van der Waals surface area contributed by atoms with Crippen molar-refractivity contribution in [2.24, 2.45) is 0 Å². The van der Waals surface area contributed by atoms with Crippen molar-refractivity contribution in [3.8, 4) is 22.8 Å². The van der Waals surface area contributed by atoms with E-state index in [1.165, 1.54) is 0 Å². The normalized spacial score (nSPS) is 15.5. The van der Waals surface area contributed by atoms with E-state index in [-0.39, 0.29) is 17.7 Å². The molecule has 1 aromatic carbocycles. The van der Waals surface area contributed by atoms with Gasteiger partial charge in [-0.15, -0.1) is 0 Å². The minimum atomic E-state index is -0.247. The lowest BCUT2D eigenvalue weighted by molar-refractivity contribution is 0.0515. The Kier molecular flexibility index (Phi) is 4.27. The van der Waals surface area contributed by atoms with Gasteiger partial charge >= 0.3 is 0 Å². The summed E-state index contributed by atoms with van der Waals surface area (Å²) in [4.78, 5) is 18.2. The summed E-state index contributed by atoms with van der Waals surface area (Å²) in [6.45, 7) is 0.761. The van der Waals surface area contributed by atoms with Crippen molar-refractivity contribution in [2.45, 2.75) is 6.10 Å². The molecule has 1 atom stereocenters. The summed E-state index contributed by atoms with van der Waals surface area (Å²) >= 11 is 0. The highest BCUT2D eigenvalue weighted by atomic mass is 16.6. The number of carbonyl (C=O) groups excluding carboxylic acids is 1. The second-order valence-corrected chi connectivity index (χ2v) is 6.00. The van der Waals surface area contributed by atoms with Crippen molar-refractivity contribution >= 4 is 5.91 Å². The van der Waals surface area contributed by atoms with Gasteiger partial charge in [-0.2, -0.15) is 0 Å². The second kappa shape index (κ2) is 6.87. The molecule has 7 heteroatoms. The van der Waals surface area contributed by atoms with E-state index in [0.29, 0.717) is 24.7 Å². The first kappa shape index (κ1) is 16.1. The maximum atomic E-state index is 12.6. The van der Waals surface area contributed by atoms with Crippen LogP contribution in [0.2, 0.25) is 0 Å². The average Bonchev–Trinajstić information content (AvgIpc) is 3.18. The molecule has 1 aliphatic rings. The third kappa shape index (κ3) is 3.23. The smallest absolute Gasteiger partial charge is 0.275 e. The second-order valence-electron chi connectivity index (χ2n) is 6.00. The lowest BCUT2D eigenvalue weighted by atomic mass is 10.2. The predicted molar refractivity (Wildman–Crippen MR) is 93.0 cm³/mol. The number of hydrogen-bond donors (Lipinski definition) is 0. The Balaban J connectivity index is 1.42. The van der Waals surface area contributed by atoms with Crippen LogP contribution in [0.25, 0.3) is 11.3 Å². The first-order chi connectivity index (χ1) is 12.7. The molecule has 1 amide bonds. The van der Waals surface area contributed by atoms with Crippen molar-refractivity contribution in [1.82, 2.24) is 15.0 Å². The molecule has 0 saturated heterocycles. The number of fused-ring (bicyclic) bond motifs is 1. The fraction of sp³-hybridized carbons (Fsp3) is 0.211. The fourth-order valence-electron chi connectivity index (χ4n) is 2.76. The number of likely N-dealkylation sites (N-methyl/N-ethyl adjacent to an activating group) is 1. The number of benzene rings is 1. The summed E-state index contributed by atoms with van der Waals surface area (Å²) < 4.78 is 16.8. The van der Waals surface area contributed by atoms with Gasteiger partial charge in [0.25, 0.3) is 5.91 Å². The zero-order valence-corrected chi connectivity index (χ0v) is 14.2. The van der Waals surface area contributed by atoms with Crippen molar-refractivity contribution in [3.63, 3.8) is 0 Å². The van der Waals surface area contributed by atoms with Crippen molar-refractivity contribution in [3.05, 3.63) is 60.6 Å². The van der Waals surface area contributed by atoms with Gasteiger partial charge in [-0.3, -0.25) is 9.78 Å². The van der Waals surface area contributed by atoms with Crippen LogP contribution in [-0.4, -0.2) is 47.3 Å². The van der Waals surface area contributed by atoms with Gasteiger partial charge in [0.15, 0.2) is 29.1 Å². The Morgan fingerprint density at radius 3 is 2.88 bits per heavy atom. The zero-order valence-electron chi connectivity index (χ0n) is 14.2. The first-order valence-electron chi connectivity index (χ1n) is 8.22. The minimum Gasteiger partial charge on any atom is -0.486 e. The SMILES string of the molecule is CN(C[C@H]1COc2ccccc2O1)C(=O)c1cc(-c2cccnc2)on1. The molecule has 0 spiro atoms. The number of para-hydroxylation sites is 2. The van der Waals surface area contributed by atoms with Gasteiger partial charge < -0.3 is 18.9 Å². The van der Waals surface area contributed by atoms with Crippen molar-refractivity contribution in [2.75, 3.05) is 20.2 Å². The van der Waals surface area contributed by atoms with Crippen molar-refractivity contribution < 1.29 is 18.8 Å². The van der Waals surface area contributed by atoms with Gasteiger partial charge in [0.2, 0.25) is 0 Å². The minimum absolute atomic E-state index is 0.239. The maximum absolute atomic E-state index is 12.6. The van der Waals surface area contributed by atoms with E-state index in [0.717, 1.165) is 11.3 Å². The monoisotopic (exact) mass is 351 g/mol. The van der Waals surface area contributed by atoms with Gasteiger partial charge in [-0.25, -0.2) is 0 Å². The molecule has 0 bridgehead atoms. The Bertz CT molecular complexity index is 910. The molecular formula is C19H17N3O4. The first-order valence-corrected chi connectivity index (χ1v) is 8.22. The molecule has 132 valence electrons. The average molecular weight is 351 g/mol. The van der Waals surface area contributed by atoms with Crippen molar-refractivity contribution in [1.29, 1.82) is 0 Å². The largest absolute Gasteiger partial charge is 0.486 e. The van der Waals surface area contributed by atoms with E-state index in [1.807, 2.05) is 30.3 Å². The van der Waals surface area contributed by atoms with Crippen LogP contribution in [0.4, 0.5) is 0 Å². The van der Waals surface area contributed by atoms with Gasteiger partial charge in [0.1, 0.15) is 6.61 Å². The number of aromatic nitrogens is 2. The third-order valence-corrected chi connectivity index (χ3v) is 4.07. The number of nitrogens with zero attached hydrogens (tertiary/aromatic N) is 3. The highest BCUT2D eigenvalue weighted by Gasteiger charge is 2.25. The molecule has 0 saturated carbocycles. The standard InChI is InChI=1S/C19H17N3O4/c1-22(11-14-12-24-16-6-2-3-7-17(16)25-14)19(23)15-9-18(26-21-15)13-5-4-8-20-10-13/h2-10,14H,11-12H2,1H3/t14-/m0/s1. The molecule has 0 radical (unpaired) electrons. The molecule has 4 rings (SSSR count). The summed E-state index contributed by atoms with van der Waals surface area (Å²) in [7, 11) is 1.70. The molecule has 0 aliphatic carbocycles. The van der Waals surface area contributed by atoms with E-state index in [2.05, 4.69) is 10.1 Å². The lowest BCUT2D eigenvalue weighted by Gasteiger charge is -2.29. The molecule has 3 aromatic rings. The summed E-state index contributed by atoms with van der Waals surface area (Å²) in [5.74, 6) is 1.66. The van der Waals surface area contributed by atoms with E-state index in [9.17, 15) is 4.79 Å². The van der Waals surface area contributed by atoms with Gasteiger partial charge in [0, 0.05) is 31.1 Å². The Morgan fingerprint density at radius 2 is 2.08 bits per heavy atom. The van der Waals surface area contributed by atoms with Gasteiger partial charge in [0.05, 0.1) is 6.54 Å². The Labute approximate surface area is 150 Å². The number of pyridine rings is 1. The van der Waals surface area contributed by atoms with Crippen LogP contribution in [0.5, 0.6) is 11.5 Å². The summed E-state index contributed by atoms with van der Waals surface area (Å²) in [5.41, 5.74) is 1.01. The highest BCUT2D eigenvalue weighted by molar-refractivity contribution is 5.93. The van der Waals surface area contributed by atoms with E-state index < -0.39 is 0 Å². The number of rotatable bonds is 4. The molecule has 1 aliphatic heterocycles. The van der Waals surface area contributed by atoms with E-state index in [4.69, 9.17) is 14.0 Å². The quantitative estimate of drug-likeness (QED) is 0.719. The predicted octanol–water partition coefficient (Wildman–Crippen LogP) is 2.65. The van der Waals surface area contributed by atoms with E-state index >= 15 is 0 Å². The lowest BCUT2D eigenvalue weighted by Crippen LogP contribution is -2.41. The third-order valence-electron chi connectivity index (χ3n) is 4.07. The Hall–Kier alpha value is -3.35. The zero-order chi connectivity index (χ0) is 17.9. The van der Waals surface area contributed by atoms with Crippen LogP contribution in [0.15, 0.2) is 59.4 Å². The number of amides is 1. The highest BCUT2D eigenvalue weighted by Crippen LogP contribution is 2.31. The number of hydrogen-bond acceptors (Lipinski definition) is 6. The molecule has 0 fully saturated rings. The van der Waals surface area contributed by atoms with Crippen LogP contribution in [-0.2, 0) is 0 Å². The maximum Gasteiger partial charge on any atom is 0.275 e. The molecule has 26 heavy (non-hydrogen) atoms. The van der Waals surface area contributed by atoms with Crippen LogP contribution in [0.3, 0.4) is 0 Å². The van der Waals surface area contributed by atoms with Crippen LogP contribution < -0.4 is 9.47 Å².